The van der Waals surface area contributed by atoms with E-state index in [4.69, 9.17) is 0 Å². The minimum atomic E-state index is -1.01. The van der Waals surface area contributed by atoms with Crippen LogP contribution in [0.2, 0.25) is 0 Å². The van der Waals surface area contributed by atoms with Gasteiger partial charge in [-0.2, -0.15) is 11.8 Å². The fraction of sp³-hybridized carbons (Fsp3) is 0.727. The predicted molar refractivity (Wildman–Crippen MR) is 125 cm³/mol. The Morgan fingerprint density at radius 3 is 2.62 bits per heavy atom. The van der Waals surface area contributed by atoms with Gasteiger partial charge in [0, 0.05) is 31.0 Å². The molecule has 32 heavy (non-hydrogen) atoms. The first-order chi connectivity index (χ1) is 15.3. The molecule has 1 aromatic heterocycles. The van der Waals surface area contributed by atoms with Crippen molar-refractivity contribution in [1.82, 2.24) is 25.5 Å². The Hall–Kier alpha value is -2.07. The standard InChI is InChI=1S/C22H37N5O4S/c1-4-15(2)19(26-20(28)9-17-10-23-14-24-17)12-27(11-16-5-6-16)13-21(29)25-18(22(30)31)7-8-32-3/h10,14-16,18-19H,4-9,11-13H2,1-3H3,(H,23,24)(H,25,29)(H,26,28)(H,30,31)/t15-,18-,19+/m0/s1. The van der Waals surface area contributed by atoms with Gasteiger partial charge in [0.2, 0.25) is 11.8 Å². The summed E-state index contributed by atoms with van der Waals surface area (Å²) in [7, 11) is 0. The fourth-order valence-corrected chi connectivity index (χ4v) is 4.02. The monoisotopic (exact) mass is 467 g/mol. The van der Waals surface area contributed by atoms with Crippen LogP contribution < -0.4 is 10.6 Å². The van der Waals surface area contributed by atoms with Gasteiger partial charge in [-0.1, -0.05) is 20.3 Å². The van der Waals surface area contributed by atoms with Crippen molar-refractivity contribution in [3.05, 3.63) is 18.2 Å². The third-order valence-corrected chi connectivity index (χ3v) is 6.51. The molecule has 0 aliphatic heterocycles. The van der Waals surface area contributed by atoms with Crippen LogP contribution in [-0.4, -0.2) is 81.5 Å². The molecule has 2 rings (SSSR count). The molecule has 0 unspecified atom stereocenters. The number of nitrogens with zero attached hydrogens (tertiary/aromatic N) is 2. The molecule has 1 aliphatic rings. The van der Waals surface area contributed by atoms with E-state index < -0.39 is 12.0 Å². The molecule has 0 bridgehead atoms. The first kappa shape index (κ1) is 26.2. The lowest BCUT2D eigenvalue weighted by atomic mass is 9.98. The number of nitrogens with one attached hydrogen (secondary N) is 3. The fourth-order valence-electron chi connectivity index (χ4n) is 3.55. The number of carbonyl (C=O) groups excluding carboxylic acids is 2. The zero-order chi connectivity index (χ0) is 23.5. The molecule has 3 atom stereocenters. The van der Waals surface area contributed by atoms with Gasteiger partial charge in [0.25, 0.3) is 0 Å². The molecule has 2 amide bonds. The SMILES string of the molecule is CC[C@H](C)[C@@H](CN(CC(=O)N[C@@H](CCSC)C(=O)O)CC1CC1)NC(=O)Cc1cnc[nH]1. The summed E-state index contributed by atoms with van der Waals surface area (Å²) in [4.78, 5) is 45.7. The van der Waals surface area contributed by atoms with E-state index in [1.165, 1.54) is 0 Å². The first-order valence-corrected chi connectivity index (χ1v) is 12.7. The van der Waals surface area contributed by atoms with E-state index in [0.717, 1.165) is 31.5 Å². The Morgan fingerprint density at radius 1 is 1.31 bits per heavy atom. The summed E-state index contributed by atoms with van der Waals surface area (Å²) in [6.45, 7) is 5.64. The van der Waals surface area contributed by atoms with Crippen LogP contribution >= 0.6 is 11.8 Å². The van der Waals surface area contributed by atoms with Crippen LogP contribution in [0, 0.1) is 11.8 Å². The molecule has 9 nitrogen and oxygen atoms in total. The number of carboxylic acids is 1. The molecule has 0 spiro atoms. The summed E-state index contributed by atoms with van der Waals surface area (Å²) in [5, 5.41) is 15.2. The predicted octanol–water partition coefficient (Wildman–Crippen LogP) is 1.52. The van der Waals surface area contributed by atoms with Crippen LogP contribution in [0.4, 0.5) is 0 Å². The van der Waals surface area contributed by atoms with Gasteiger partial charge in [0.05, 0.1) is 19.3 Å². The number of aromatic nitrogens is 2. The molecule has 180 valence electrons. The number of carboxylic acid groups (broad SMARTS) is 1. The number of thioether (sulfide) groups is 1. The van der Waals surface area contributed by atoms with Gasteiger partial charge in [0.1, 0.15) is 6.04 Å². The highest BCUT2D eigenvalue weighted by molar-refractivity contribution is 7.98. The highest BCUT2D eigenvalue weighted by Crippen LogP contribution is 2.30. The van der Waals surface area contributed by atoms with Crippen molar-refractivity contribution in [2.75, 3.05) is 31.6 Å². The second-order valence-electron chi connectivity index (χ2n) is 8.69. The number of amides is 2. The maximum absolute atomic E-state index is 12.7. The van der Waals surface area contributed by atoms with E-state index in [1.54, 1.807) is 24.3 Å². The summed E-state index contributed by atoms with van der Waals surface area (Å²) in [5.74, 6) is 0.0853. The number of imidazole rings is 1. The number of hydrogen-bond acceptors (Lipinski definition) is 6. The summed E-state index contributed by atoms with van der Waals surface area (Å²) in [6.07, 6.45) is 8.90. The average Bonchev–Trinajstić information content (AvgIpc) is 3.41. The van der Waals surface area contributed by atoms with Gasteiger partial charge in [0.15, 0.2) is 0 Å². The lowest BCUT2D eigenvalue weighted by Crippen LogP contribution is -2.51. The minimum absolute atomic E-state index is 0.0848. The van der Waals surface area contributed by atoms with Crippen molar-refractivity contribution >= 4 is 29.5 Å². The van der Waals surface area contributed by atoms with E-state index in [1.807, 2.05) is 6.26 Å². The van der Waals surface area contributed by atoms with Gasteiger partial charge < -0.3 is 20.7 Å². The lowest BCUT2D eigenvalue weighted by Gasteiger charge is -2.31. The summed E-state index contributed by atoms with van der Waals surface area (Å²) in [6, 6.07) is -0.981. The third kappa shape index (κ3) is 9.60. The third-order valence-electron chi connectivity index (χ3n) is 5.86. The number of hydrogen-bond donors (Lipinski definition) is 4. The molecule has 4 N–H and O–H groups in total. The Balaban J connectivity index is 1.98. The van der Waals surface area contributed by atoms with Gasteiger partial charge in [-0.15, -0.1) is 0 Å². The number of rotatable bonds is 16. The maximum atomic E-state index is 12.7. The van der Waals surface area contributed by atoms with Gasteiger partial charge in [-0.05, 0) is 43.1 Å². The van der Waals surface area contributed by atoms with Crippen molar-refractivity contribution < 1.29 is 19.5 Å². The molecule has 0 radical (unpaired) electrons. The van der Waals surface area contributed by atoms with E-state index in [-0.39, 0.29) is 36.7 Å². The summed E-state index contributed by atoms with van der Waals surface area (Å²) < 4.78 is 0. The Morgan fingerprint density at radius 2 is 2.06 bits per heavy atom. The molecule has 1 fully saturated rings. The molecule has 1 aliphatic carbocycles. The van der Waals surface area contributed by atoms with Gasteiger partial charge in [-0.3, -0.25) is 14.5 Å². The van der Waals surface area contributed by atoms with Crippen LogP contribution in [-0.2, 0) is 20.8 Å². The molecule has 0 saturated heterocycles. The van der Waals surface area contributed by atoms with E-state index in [0.29, 0.717) is 24.6 Å². The largest absolute Gasteiger partial charge is 0.480 e. The van der Waals surface area contributed by atoms with Crippen LogP contribution in [0.3, 0.4) is 0 Å². The van der Waals surface area contributed by atoms with Crippen molar-refractivity contribution in [3.8, 4) is 0 Å². The quantitative estimate of drug-likeness (QED) is 0.290. The Labute approximate surface area is 194 Å². The number of aliphatic carboxylic acids is 1. The normalized spacial score (nSPS) is 16.4. The minimum Gasteiger partial charge on any atom is -0.480 e. The van der Waals surface area contributed by atoms with Gasteiger partial charge in [-0.25, -0.2) is 9.78 Å². The van der Waals surface area contributed by atoms with E-state index in [9.17, 15) is 19.5 Å². The second kappa shape index (κ2) is 13.5. The molecule has 1 heterocycles. The average molecular weight is 468 g/mol. The molecule has 0 aromatic carbocycles. The smallest absolute Gasteiger partial charge is 0.326 e. The van der Waals surface area contributed by atoms with Crippen molar-refractivity contribution in [2.24, 2.45) is 11.8 Å². The summed E-state index contributed by atoms with van der Waals surface area (Å²) >= 11 is 1.55. The van der Waals surface area contributed by atoms with Crippen molar-refractivity contribution in [2.45, 2.75) is 58.0 Å². The zero-order valence-electron chi connectivity index (χ0n) is 19.3. The molecule has 1 saturated carbocycles. The summed E-state index contributed by atoms with van der Waals surface area (Å²) in [5.41, 5.74) is 0.754. The van der Waals surface area contributed by atoms with Crippen LogP contribution in [0.25, 0.3) is 0 Å². The number of H-pyrrole nitrogens is 1. The Kier molecular flexibility index (Phi) is 11.0. The molecular formula is C22H37N5O4S. The second-order valence-corrected chi connectivity index (χ2v) is 9.68. The molecular weight excluding hydrogens is 430 g/mol. The van der Waals surface area contributed by atoms with E-state index in [2.05, 4.69) is 39.3 Å². The first-order valence-electron chi connectivity index (χ1n) is 11.3. The highest BCUT2D eigenvalue weighted by atomic mass is 32.2. The van der Waals surface area contributed by atoms with Crippen LogP contribution in [0.5, 0.6) is 0 Å². The number of carbonyl (C=O) groups is 3. The van der Waals surface area contributed by atoms with Gasteiger partial charge >= 0.3 is 5.97 Å². The topological polar surface area (TPSA) is 127 Å². The zero-order valence-corrected chi connectivity index (χ0v) is 20.1. The maximum Gasteiger partial charge on any atom is 0.326 e. The van der Waals surface area contributed by atoms with Crippen molar-refractivity contribution in [1.29, 1.82) is 0 Å². The van der Waals surface area contributed by atoms with Crippen LogP contribution in [0.15, 0.2) is 12.5 Å². The lowest BCUT2D eigenvalue weighted by molar-refractivity contribution is -0.142. The molecule has 10 heteroatoms. The molecule has 1 aromatic rings. The van der Waals surface area contributed by atoms with E-state index >= 15 is 0 Å². The van der Waals surface area contributed by atoms with Crippen molar-refractivity contribution in [3.63, 3.8) is 0 Å². The van der Waals surface area contributed by atoms with Crippen LogP contribution in [0.1, 0.15) is 45.2 Å². The number of aromatic amines is 1. The highest BCUT2D eigenvalue weighted by Gasteiger charge is 2.29. The Bertz CT molecular complexity index is 726.